The Morgan fingerprint density at radius 2 is 2.25 bits per heavy atom. The van der Waals surface area contributed by atoms with E-state index in [9.17, 15) is 13.6 Å². The second-order valence-electron chi connectivity index (χ2n) is 5.25. The third-order valence-corrected chi connectivity index (χ3v) is 3.62. The van der Waals surface area contributed by atoms with Crippen LogP contribution in [-0.2, 0) is 4.79 Å². The van der Waals surface area contributed by atoms with Gasteiger partial charge in [-0.2, -0.15) is 0 Å². The summed E-state index contributed by atoms with van der Waals surface area (Å²) in [5.74, 6) is -1.83. The molecule has 7 heteroatoms. The summed E-state index contributed by atoms with van der Waals surface area (Å²) in [4.78, 5) is 17.0. The van der Waals surface area contributed by atoms with Gasteiger partial charge in [0.2, 0.25) is 5.91 Å². The number of pyridine rings is 1. The van der Waals surface area contributed by atoms with E-state index < -0.39 is 23.0 Å². The third kappa shape index (κ3) is 2.52. The molecule has 0 spiro atoms. The van der Waals surface area contributed by atoms with Crippen molar-refractivity contribution >= 4 is 17.5 Å². The van der Waals surface area contributed by atoms with Crippen LogP contribution in [0, 0.1) is 17.0 Å². The van der Waals surface area contributed by atoms with Crippen molar-refractivity contribution in [3.8, 4) is 0 Å². The molecule has 110 valence electrons. The van der Waals surface area contributed by atoms with Crippen molar-refractivity contribution in [1.29, 1.82) is 0 Å². The van der Waals surface area contributed by atoms with Crippen LogP contribution in [0.25, 0.3) is 0 Å². The molecule has 5 nitrogen and oxygen atoms in total. The number of hydrogen-bond acceptors (Lipinski definition) is 4. The zero-order chi connectivity index (χ0) is 14.9. The normalized spacial score (nSPS) is 22.1. The molecule has 2 rings (SSSR count). The highest BCUT2D eigenvalue weighted by Gasteiger charge is 2.40. The summed E-state index contributed by atoms with van der Waals surface area (Å²) in [6, 6.07) is 0.806. The number of nitrogens with two attached hydrogens (primary N) is 1. The second kappa shape index (κ2) is 5.22. The number of halogens is 2. The van der Waals surface area contributed by atoms with Crippen LogP contribution in [0.5, 0.6) is 0 Å². The lowest BCUT2D eigenvalue weighted by Gasteiger charge is -2.22. The van der Waals surface area contributed by atoms with Crippen molar-refractivity contribution < 1.29 is 13.6 Å². The van der Waals surface area contributed by atoms with Crippen molar-refractivity contribution in [3.63, 3.8) is 0 Å². The number of aromatic nitrogens is 1. The second-order valence-corrected chi connectivity index (χ2v) is 5.25. The molecule has 1 aliphatic heterocycles. The fourth-order valence-corrected chi connectivity index (χ4v) is 2.31. The Kier molecular flexibility index (Phi) is 3.78. The summed E-state index contributed by atoms with van der Waals surface area (Å²) in [5.41, 5.74) is 4.65. The van der Waals surface area contributed by atoms with Crippen LogP contribution < -0.4 is 16.0 Å². The van der Waals surface area contributed by atoms with E-state index in [0.717, 1.165) is 6.07 Å². The van der Waals surface area contributed by atoms with Crippen molar-refractivity contribution in [2.75, 3.05) is 29.9 Å². The molecule has 2 heterocycles. The van der Waals surface area contributed by atoms with Gasteiger partial charge in [0.25, 0.3) is 0 Å². The number of carbonyl (C=O) groups is 1. The van der Waals surface area contributed by atoms with Crippen molar-refractivity contribution in [1.82, 2.24) is 4.98 Å². The summed E-state index contributed by atoms with van der Waals surface area (Å²) in [5, 5.41) is 2.74. The van der Waals surface area contributed by atoms with E-state index in [1.54, 1.807) is 18.7 Å². The number of rotatable bonds is 4. The van der Waals surface area contributed by atoms with Gasteiger partial charge >= 0.3 is 0 Å². The maximum Gasteiger partial charge on any atom is 0.225 e. The minimum Gasteiger partial charge on any atom is -0.369 e. The minimum atomic E-state index is -0.738. The first-order valence-electron chi connectivity index (χ1n) is 6.52. The Morgan fingerprint density at radius 3 is 2.80 bits per heavy atom. The average Bonchev–Trinajstić information content (AvgIpc) is 2.77. The van der Waals surface area contributed by atoms with E-state index in [0.29, 0.717) is 19.5 Å². The van der Waals surface area contributed by atoms with Crippen molar-refractivity contribution in [3.05, 3.63) is 17.7 Å². The van der Waals surface area contributed by atoms with Crippen molar-refractivity contribution in [2.24, 2.45) is 11.1 Å². The maximum absolute atomic E-state index is 13.9. The summed E-state index contributed by atoms with van der Waals surface area (Å²) >= 11 is 0. The van der Waals surface area contributed by atoms with Gasteiger partial charge in [-0.15, -0.1) is 0 Å². The number of anilines is 2. The van der Waals surface area contributed by atoms with Crippen LogP contribution in [0.4, 0.5) is 20.4 Å². The Morgan fingerprint density at radius 1 is 1.55 bits per heavy atom. The van der Waals surface area contributed by atoms with Crippen LogP contribution in [0.1, 0.15) is 20.3 Å². The molecule has 1 aliphatic rings. The molecule has 1 unspecified atom stereocenters. The summed E-state index contributed by atoms with van der Waals surface area (Å²) in [7, 11) is 0. The molecule has 20 heavy (non-hydrogen) atoms. The highest BCUT2D eigenvalue weighted by atomic mass is 19.1. The van der Waals surface area contributed by atoms with E-state index >= 15 is 0 Å². The molecule has 1 atom stereocenters. The van der Waals surface area contributed by atoms with Gasteiger partial charge in [0, 0.05) is 25.7 Å². The number of primary amides is 1. The van der Waals surface area contributed by atoms with Crippen LogP contribution in [-0.4, -0.2) is 30.5 Å². The predicted molar refractivity (Wildman–Crippen MR) is 72.4 cm³/mol. The topological polar surface area (TPSA) is 71.2 Å². The molecule has 0 saturated carbocycles. The van der Waals surface area contributed by atoms with Gasteiger partial charge in [-0.25, -0.2) is 13.8 Å². The molecule has 0 aliphatic carbocycles. The summed E-state index contributed by atoms with van der Waals surface area (Å²) < 4.78 is 27.4. The third-order valence-electron chi connectivity index (χ3n) is 3.62. The SMILES string of the molecule is CCNc1nc(N2CCC(C)(C(N)=O)C2)c(F)cc1F. The van der Waals surface area contributed by atoms with Gasteiger partial charge in [0.05, 0.1) is 5.41 Å². The summed E-state index contributed by atoms with van der Waals surface area (Å²) in [6.45, 7) is 4.75. The minimum absolute atomic E-state index is 0.0107. The standard InChI is InChI=1S/C13H18F2N4O/c1-3-17-10-8(14)6-9(15)11(18-10)19-5-4-13(2,7-19)12(16)20/h6H,3-5,7H2,1-2H3,(H2,16,20)(H,17,18). The van der Waals surface area contributed by atoms with E-state index in [-0.39, 0.29) is 18.2 Å². The Labute approximate surface area is 116 Å². The van der Waals surface area contributed by atoms with Gasteiger partial charge in [-0.3, -0.25) is 4.79 Å². The van der Waals surface area contributed by atoms with Crippen molar-refractivity contribution in [2.45, 2.75) is 20.3 Å². The molecule has 1 aromatic rings. The molecule has 1 fully saturated rings. The molecule has 1 aromatic heterocycles. The van der Waals surface area contributed by atoms with Gasteiger partial charge in [0.15, 0.2) is 23.3 Å². The zero-order valence-electron chi connectivity index (χ0n) is 11.5. The fourth-order valence-electron chi connectivity index (χ4n) is 2.31. The fraction of sp³-hybridized carbons (Fsp3) is 0.538. The quantitative estimate of drug-likeness (QED) is 0.879. The number of carbonyl (C=O) groups excluding carboxylic acids is 1. The molecule has 0 radical (unpaired) electrons. The van der Waals surface area contributed by atoms with Gasteiger partial charge in [-0.1, -0.05) is 0 Å². The highest BCUT2D eigenvalue weighted by molar-refractivity contribution is 5.82. The highest BCUT2D eigenvalue weighted by Crippen LogP contribution is 2.34. The van der Waals surface area contributed by atoms with Gasteiger partial charge in [0.1, 0.15) is 0 Å². The molecule has 1 saturated heterocycles. The van der Waals surface area contributed by atoms with Crippen LogP contribution in [0.3, 0.4) is 0 Å². The Balaban J connectivity index is 2.30. The van der Waals surface area contributed by atoms with E-state index in [2.05, 4.69) is 10.3 Å². The zero-order valence-corrected chi connectivity index (χ0v) is 11.5. The first-order chi connectivity index (χ1) is 9.37. The Bertz CT molecular complexity index is 537. The van der Waals surface area contributed by atoms with E-state index in [1.807, 2.05) is 0 Å². The van der Waals surface area contributed by atoms with Gasteiger partial charge < -0.3 is 16.0 Å². The van der Waals surface area contributed by atoms with E-state index in [4.69, 9.17) is 5.73 Å². The molecule has 0 bridgehead atoms. The maximum atomic E-state index is 13.9. The first-order valence-corrected chi connectivity index (χ1v) is 6.52. The van der Waals surface area contributed by atoms with Gasteiger partial charge in [-0.05, 0) is 20.3 Å². The molecule has 1 amide bonds. The number of amides is 1. The average molecular weight is 284 g/mol. The first kappa shape index (κ1) is 14.5. The summed E-state index contributed by atoms with van der Waals surface area (Å²) in [6.07, 6.45) is 0.525. The van der Waals surface area contributed by atoms with E-state index in [1.165, 1.54) is 0 Å². The Hall–Kier alpha value is -1.92. The molecular weight excluding hydrogens is 266 g/mol. The number of nitrogens with one attached hydrogen (secondary N) is 1. The lowest BCUT2D eigenvalue weighted by molar-refractivity contribution is -0.125. The molecular formula is C13H18F2N4O. The predicted octanol–water partition coefficient (Wildman–Crippen LogP) is 1.49. The number of nitrogens with zero attached hydrogens (tertiary/aromatic N) is 2. The smallest absolute Gasteiger partial charge is 0.225 e. The molecule has 3 N–H and O–H groups in total. The van der Waals surface area contributed by atoms with Crippen LogP contribution in [0.15, 0.2) is 6.07 Å². The largest absolute Gasteiger partial charge is 0.369 e. The van der Waals surface area contributed by atoms with Crippen LogP contribution >= 0.6 is 0 Å². The lowest BCUT2D eigenvalue weighted by atomic mass is 9.89. The number of hydrogen-bond donors (Lipinski definition) is 2. The lowest BCUT2D eigenvalue weighted by Crippen LogP contribution is -2.37. The molecule has 0 aromatic carbocycles. The van der Waals surface area contributed by atoms with Crippen LogP contribution in [0.2, 0.25) is 0 Å². The monoisotopic (exact) mass is 284 g/mol.